The van der Waals surface area contributed by atoms with Crippen molar-refractivity contribution in [3.05, 3.63) is 23.8 Å². The molecule has 214 valence electrons. The van der Waals surface area contributed by atoms with Gasteiger partial charge in [0.05, 0.1) is 13.7 Å². The second kappa shape index (κ2) is 23.3. The Kier molecular flexibility index (Phi) is 20.8. The van der Waals surface area contributed by atoms with Crippen LogP contribution in [-0.4, -0.2) is 70.3 Å². The molecule has 8 heteroatoms. The number of nitrogens with one attached hydrogen (secondary N) is 2. The number of nitrogens with two attached hydrogens (primary N) is 2. The number of carbonyl (C=O) groups is 1. The number of ether oxygens (including phenoxy) is 2. The van der Waals surface area contributed by atoms with Crippen molar-refractivity contribution in [2.75, 3.05) is 59.5 Å². The third kappa shape index (κ3) is 17.3. The monoisotopic (exact) mass is 521 g/mol. The van der Waals surface area contributed by atoms with Crippen molar-refractivity contribution in [1.29, 1.82) is 0 Å². The highest BCUT2D eigenvalue weighted by Gasteiger charge is 2.08. The van der Waals surface area contributed by atoms with E-state index in [1.807, 2.05) is 18.2 Å². The molecule has 0 aliphatic carbocycles. The first-order valence-electron chi connectivity index (χ1n) is 14.5. The third-order valence-corrected chi connectivity index (χ3v) is 6.48. The van der Waals surface area contributed by atoms with E-state index in [-0.39, 0.29) is 5.91 Å². The molecule has 0 bridgehead atoms. The molecule has 1 rings (SSSR count). The number of methoxy groups -OCH3 is 1. The van der Waals surface area contributed by atoms with Crippen molar-refractivity contribution >= 4 is 5.91 Å². The summed E-state index contributed by atoms with van der Waals surface area (Å²) in [5.74, 6) is 1.58. The summed E-state index contributed by atoms with van der Waals surface area (Å²) in [6.07, 6.45) is 12.2. The van der Waals surface area contributed by atoms with Crippen LogP contribution < -0.4 is 31.6 Å². The number of rotatable bonds is 25. The van der Waals surface area contributed by atoms with Crippen LogP contribution >= 0.6 is 0 Å². The Morgan fingerprint density at radius 2 is 1.57 bits per heavy atom. The molecule has 0 radical (unpaired) electrons. The van der Waals surface area contributed by atoms with Crippen LogP contribution in [0.15, 0.2) is 18.2 Å². The smallest absolute Gasteiger partial charge is 0.220 e. The number of unbranched alkanes of at least 4 members (excludes halogenated alkanes) is 8. The van der Waals surface area contributed by atoms with Crippen LogP contribution in [-0.2, 0) is 11.3 Å². The van der Waals surface area contributed by atoms with E-state index in [0.717, 1.165) is 76.1 Å². The molecule has 1 amide bonds. The van der Waals surface area contributed by atoms with Gasteiger partial charge in [0.1, 0.15) is 0 Å². The van der Waals surface area contributed by atoms with Crippen molar-refractivity contribution < 1.29 is 14.3 Å². The number of hydrogen-bond donors (Lipinski definition) is 4. The Bertz CT molecular complexity index is 684. The minimum Gasteiger partial charge on any atom is -0.493 e. The van der Waals surface area contributed by atoms with Crippen LogP contribution in [0.1, 0.15) is 83.1 Å². The maximum Gasteiger partial charge on any atom is 0.220 e. The van der Waals surface area contributed by atoms with Gasteiger partial charge < -0.3 is 31.6 Å². The normalized spacial score (nSPS) is 11.2. The average Bonchev–Trinajstić information content (AvgIpc) is 2.91. The zero-order valence-electron chi connectivity index (χ0n) is 23.7. The molecule has 0 saturated heterocycles. The minimum absolute atomic E-state index is 0.116. The van der Waals surface area contributed by atoms with Crippen LogP contribution in [0.4, 0.5) is 0 Å². The highest BCUT2D eigenvalue weighted by molar-refractivity contribution is 5.75. The molecule has 1 aromatic carbocycles. The van der Waals surface area contributed by atoms with Gasteiger partial charge in [-0.1, -0.05) is 57.9 Å². The van der Waals surface area contributed by atoms with Gasteiger partial charge in [0, 0.05) is 52.2 Å². The van der Waals surface area contributed by atoms with Crippen molar-refractivity contribution in [2.24, 2.45) is 11.5 Å². The standard InChI is InChI=1S/C29H55N5O3/c1-3-4-5-6-7-10-13-29(35)33-25-26-14-15-27(28(24-26)36-2)37-23-12-9-8-11-18-32-19-22-34(20-16-30)21-17-31/h14-15,24,32H,3-13,16-23,25,30-31H2,1-2H3,(H,33,35). The van der Waals surface area contributed by atoms with Crippen LogP contribution in [0, 0.1) is 0 Å². The Morgan fingerprint density at radius 1 is 0.865 bits per heavy atom. The predicted octanol–water partition coefficient (Wildman–Crippen LogP) is 3.81. The second-order valence-corrected chi connectivity index (χ2v) is 9.71. The lowest BCUT2D eigenvalue weighted by atomic mass is 10.1. The van der Waals surface area contributed by atoms with Crippen molar-refractivity contribution in [2.45, 2.75) is 84.1 Å². The van der Waals surface area contributed by atoms with E-state index in [0.29, 0.717) is 38.4 Å². The van der Waals surface area contributed by atoms with Crippen molar-refractivity contribution in [1.82, 2.24) is 15.5 Å². The minimum atomic E-state index is 0.116. The Hall–Kier alpha value is -1.87. The summed E-state index contributed by atoms with van der Waals surface area (Å²) in [4.78, 5) is 14.4. The fraction of sp³-hybridized carbons (Fsp3) is 0.759. The molecule has 6 N–H and O–H groups in total. The first-order chi connectivity index (χ1) is 18.1. The molecule has 0 unspecified atom stereocenters. The van der Waals surface area contributed by atoms with Crippen LogP contribution in [0.25, 0.3) is 0 Å². The number of nitrogens with zero attached hydrogens (tertiary/aromatic N) is 1. The largest absolute Gasteiger partial charge is 0.493 e. The molecule has 0 aromatic heterocycles. The maximum atomic E-state index is 12.1. The molecule has 0 fully saturated rings. The lowest BCUT2D eigenvalue weighted by Gasteiger charge is -2.20. The SMILES string of the molecule is CCCCCCCCC(=O)NCc1ccc(OCCCCCCNCCN(CCN)CCN)c(OC)c1. The zero-order chi connectivity index (χ0) is 27.0. The molecule has 0 aliphatic heterocycles. The van der Waals surface area contributed by atoms with Crippen LogP contribution in [0.3, 0.4) is 0 Å². The molecular formula is C29H55N5O3. The number of benzene rings is 1. The topological polar surface area (TPSA) is 115 Å². The van der Waals surface area contributed by atoms with E-state index < -0.39 is 0 Å². The van der Waals surface area contributed by atoms with E-state index in [2.05, 4.69) is 22.5 Å². The lowest BCUT2D eigenvalue weighted by molar-refractivity contribution is -0.121. The Morgan fingerprint density at radius 3 is 2.30 bits per heavy atom. The second-order valence-electron chi connectivity index (χ2n) is 9.71. The van der Waals surface area contributed by atoms with E-state index in [9.17, 15) is 4.79 Å². The van der Waals surface area contributed by atoms with E-state index in [1.165, 1.54) is 32.1 Å². The fourth-order valence-corrected chi connectivity index (χ4v) is 4.25. The summed E-state index contributed by atoms with van der Waals surface area (Å²) < 4.78 is 11.5. The molecule has 0 aliphatic rings. The maximum absolute atomic E-state index is 12.1. The predicted molar refractivity (Wildman–Crippen MR) is 154 cm³/mol. The molecule has 37 heavy (non-hydrogen) atoms. The first-order valence-corrected chi connectivity index (χ1v) is 14.5. The van der Waals surface area contributed by atoms with Gasteiger partial charge in [-0.25, -0.2) is 0 Å². The summed E-state index contributed by atoms with van der Waals surface area (Å²) in [5, 5.41) is 6.53. The molecule has 0 atom stereocenters. The van der Waals surface area contributed by atoms with Crippen LogP contribution in [0.5, 0.6) is 11.5 Å². The molecule has 8 nitrogen and oxygen atoms in total. The summed E-state index contributed by atoms with van der Waals surface area (Å²) in [6.45, 7) is 9.56. The summed E-state index contributed by atoms with van der Waals surface area (Å²) in [6, 6.07) is 5.89. The van der Waals surface area contributed by atoms with Gasteiger partial charge in [0.2, 0.25) is 5.91 Å². The highest BCUT2D eigenvalue weighted by Crippen LogP contribution is 2.28. The third-order valence-electron chi connectivity index (χ3n) is 6.48. The summed E-state index contributed by atoms with van der Waals surface area (Å²) in [7, 11) is 1.65. The van der Waals surface area contributed by atoms with E-state index in [4.69, 9.17) is 20.9 Å². The first kappa shape index (κ1) is 33.2. The van der Waals surface area contributed by atoms with E-state index >= 15 is 0 Å². The Balaban J connectivity index is 2.15. The average molecular weight is 522 g/mol. The van der Waals surface area contributed by atoms with Crippen molar-refractivity contribution in [3.8, 4) is 11.5 Å². The van der Waals surface area contributed by atoms with E-state index in [1.54, 1.807) is 7.11 Å². The molecule has 1 aromatic rings. The molecule has 0 spiro atoms. The molecule has 0 heterocycles. The summed E-state index contributed by atoms with van der Waals surface area (Å²) >= 11 is 0. The van der Waals surface area contributed by atoms with Gasteiger partial charge >= 0.3 is 0 Å². The fourth-order valence-electron chi connectivity index (χ4n) is 4.25. The lowest BCUT2D eigenvalue weighted by Crippen LogP contribution is -2.38. The molecular weight excluding hydrogens is 466 g/mol. The van der Waals surface area contributed by atoms with Gasteiger partial charge in [0.25, 0.3) is 0 Å². The van der Waals surface area contributed by atoms with Gasteiger partial charge in [-0.2, -0.15) is 0 Å². The molecule has 0 saturated carbocycles. The summed E-state index contributed by atoms with van der Waals surface area (Å²) in [5.41, 5.74) is 12.3. The van der Waals surface area contributed by atoms with Crippen molar-refractivity contribution in [3.63, 3.8) is 0 Å². The number of hydrogen-bond acceptors (Lipinski definition) is 7. The Labute approximate surface area is 226 Å². The number of amides is 1. The van der Waals surface area contributed by atoms with Gasteiger partial charge in [-0.05, 0) is 43.5 Å². The highest BCUT2D eigenvalue weighted by atomic mass is 16.5. The van der Waals surface area contributed by atoms with Gasteiger partial charge in [-0.15, -0.1) is 0 Å². The van der Waals surface area contributed by atoms with Crippen LogP contribution in [0.2, 0.25) is 0 Å². The quantitative estimate of drug-likeness (QED) is 0.145. The van der Waals surface area contributed by atoms with Gasteiger partial charge in [-0.3, -0.25) is 9.69 Å². The number of carbonyl (C=O) groups excluding carboxylic acids is 1. The van der Waals surface area contributed by atoms with Gasteiger partial charge in [0.15, 0.2) is 11.5 Å². The zero-order valence-corrected chi connectivity index (χ0v) is 23.7.